The Morgan fingerprint density at radius 3 is 2.86 bits per heavy atom. The van der Waals surface area contributed by atoms with Crippen LogP contribution < -0.4 is 10.2 Å². The van der Waals surface area contributed by atoms with Gasteiger partial charge >= 0.3 is 0 Å². The van der Waals surface area contributed by atoms with Gasteiger partial charge in [0.05, 0.1) is 0 Å². The number of anilines is 1. The molecule has 0 bridgehead atoms. The van der Waals surface area contributed by atoms with Gasteiger partial charge in [0, 0.05) is 37.5 Å². The highest BCUT2D eigenvalue weighted by molar-refractivity contribution is 5.52. The number of benzene rings is 1. The molecule has 1 saturated carbocycles. The van der Waals surface area contributed by atoms with Crippen LogP contribution in [-0.2, 0) is 6.54 Å². The largest absolute Gasteiger partial charge is 0.396 e. The standard InChI is InChI=1S/C18H28N2O/c1-14-12-18(9-6-15(14)13-19-16-7-8-16)20-10-2-4-17(20)5-3-11-21/h6,9,12,16-17,19,21H,2-5,7-8,10-11,13H2,1H3. The summed E-state index contributed by atoms with van der Waals surface area (Å²) in [5, 5.41) is 12.6. The summed E-state index contributed by atoms with van der Waals surface area (Å²) < 4.78 is 0. The predicted molar refractivity (Wildman–Crippen MR) is 87.7 cm³/mol. The summed E-state index contributed by atoms with van der Waals surface area (Å²) in [4.78, 5) is 2.54. The van der Waals surface area contributed by atoms with E-state index in [4.69, 9.17) is 5.11 Å². The highest BCUT2D eigenvalue weighted by atomic mass is 16.2. The van der Waals surface area contributed by atoms with Crippen LogP contribution in [0.4, 0.5) is 5.69 Å². The van der Waals surface area contributed by atoms with E-state index in [9.17, 15) is 0 Å². The first-order valence-electron chi connectivity index (χ1n) is 8.48. The Labute approximate surface area is 128 Å². The van der Waals surface area contributed by atoms with Crippen LogP contribution in [0.3, 0.4) is 0 Å². The summed E-state index contributed by atoms with van der Waals surface area (Å²) in [5.41, 5.74) is 4.19. The Kier molecular flexibility index (Phi) is 4.81. The molecule has 1 aromatic carbocycles. The fourth-order valence-electron chi connectivity index (χ4n) is 3.40. The molecule has 3 rings (SSSR count). The Hall–Kier alpha value is -1.06. The summed E-state index contributed by atoms with van der Waals surface area (Å²) in [6.07, 6.45) is 7.27. The van der Waals surface area contributed by atoms with Crippen molar-refractivity contribution < 1.29 is 5.11 Å². The van der Waals surface area contributed by atoms with E-state index in [1.165, 1.54) is 42.5 Å². The highest BCUT2D eigenvalue weighted by Crippen LogP contribution is 2.29. The average molecular weight is 288 g/mol. The third-order valence-electron chi connectivity index (χ3n) is 4.89. The van der Waals surface area contributed by atoms with Crippen molar-refractivity contribution in [3.63, 3.8) is 0 Å². The third kappa shape index (κ3) is 3.78. The van der Waals surface area contributed by atoms with Crippen molar-refractivity contribution in [1.29, 1.82) is 0 Å². The lowest BCUT2D eigenvalue weighted by Gasteiger charge is -2.27. The molecule has 0 spiro atoms. The van der Waals surface area contributed by atoms with Gasteiger partial charge in [-0.15, -0.1) is 0 Å². The summed E-state index contributed by atoms with van der Waals surface area (Å²) in [5.74, 6) is 0. The van der Waals surface area contributed by atoms with Gasteiger partial charge in [-0.25, -0.2) is 0 Å². The number of aliphatic hydroxyl groups excluding tert-OH is 1. The van der Waals surface area contributed by atoms with Crippen molar-refractivity contribution in [3.05, 3.63) is 29.3 Å². The minimum Gasteiger partial charge on any atom is -0.396 e. The zero-order chi connectivity index (χ0) is 14.7. The van der Waals surface area contributed by atoms with Gasteiger partial charge in [-0.3, -0.25) is 0 Å². The molecule has 1 unspecified atom stereocenters. The highest BCUT2D eigenvalue weighted by Gasteiger charge is 2.24. The van der Waals surface area contributed by atoms with Crippen molar-refractivity contribution in [3.8, 4) is 0 Å². The van der Waals surface area contributed by atoms with Crippen LogP contribution >= 0.6 is 0 Å². The number of rotatable bonds is 7. The van der Waals surface area contributed by atoms with Gasteiger partial charge in [0.1, 0.15) is 0 Å². The quantitative estimate of drug-likeness (QED) is 0.809. The molecule has 1 aromatic rings. The topological polar surface area (TPSA) is 35.5 Å². The molecule has 1 heterocycles. The van der Waals surface area contributed by atoms with Crippen LogP contribution in [0.5, 0.6) is 0 Å². The maximum atomic E-state index is 9.05. The fourth-order valence-corrected chi connectivity index (χ4v) is 3.40. The summed E-state index contributed by atoms with van der Waals surface area (Å²) in [6, 6.07) is 8.31. The molecule has 2 aliphatic rings. The molecule has 1 aliphatic carbocycles. The van der Waals surface area contributed by atoms with Crippen molar-refractivity contribution in [2.75, 3.05) is 18.1 Å². The van der Waals surface area contributed by atoms with Crippen LogP contribution in [0.2, 0.25) is 0 Å². The SMILES string of the molecule is Cc1cc(N2CCCC2CCCO)ccc1CNC1CC1. The lowest BCUT2D eigenvalue weighted by atomic mass is 10.1. The van der Waals surface area contributed by atoms with Crippen LogP contribution in [0.15, 0.2) is 18.2 Å². The fraction of sp³-hybridized carbons (Fsp3) is 0.667. The second-order valence-corrected chi connectivity index (χ2v) is 6.62. The van der Waals surface area contributed by atoms with E-state index in [0.29, 0.717) is 12.6 Å². The molecule has 0 aromatic heterocycles. The van der Waals surface area contributed by atoms with E-state index in [-0.39, 0.29) is 0 Å². The molecule has 1 aliphatic heterocycles. The number of nitrogens with zero attached hydrogens (tertiary/aromatic N) is 1. The zero-order valence-electron chi connectivity index (χ0n) is 13.1. The first kappa shape index (κ1) is 14.9. The smallest absolute Gasteiger partial charge is 0.0431 e. The van der Waals surface area contributed by atoms with E-state index in [1.54, 1.807) is 0 Å². The third-order valence-corrected chi connectivity index (χ3v) is 4.89. The molecule has 2 fully saturated rings. The zero-order valence-corrected chi connectivity index (χ0v) is 13.1. The van der Waals surface area contributed by atoms with E-state index < -0.39 is 0 Å². The number of hydrogen-bond acceptors (Lipinski definition) is 3. The Bertz CT molecular complexity index is 470. The molecule has 1 atom stereocenters. The van der Waals surface area contributed by atoms with Crippen LogP contribution in [-0.4, -0.2) is 30.3 Å². The Morgan fingerprint density at radius 1 is 1.29 bits per heavy atom. The van der Waals surface area contributed by atoms with Crippen molar-refractivity contribution in [1.82, 2.24) is 5.32 Å². The molecule has 0 radical (unpaired) electrons. The molecule has 3 heteroatoms. The van der Waals surface area contributed by atoms with Gasteiger partial charge in [-0.05, 0) is 68.7 Å². The van der Waals surface area contributed by atoms with Gasteiger partial charge in [0.25, 0.3) is 0 Å². The molecular formula is C18H28N2O. The molecule has 1 saturated heterocycles. The lowest BCUT2D eigenvalue weighted by Crippen LogP contribution is -2.29. The Morgan fingerprint density at radius 2 is 2.14 bits per heavy atom. The lowest BCUT2D eigenvalue weighted by molar-refractivity contribution is 0.279. The minimum atomic E-state index is 0.315. The minimum absolute atomic E-state index is 0.315. The van der Waals surface area contributed by atoms with Gasteiger partial charge in [-0.2, -0.15) is 0 Å². The second kappa shape index (κ2) is 6.80. The predicted octanol–water partition coefficient (Wildman–Crippen LogP) is 2.99. The maximum Gasteiger partial charge on any atom is 0.0431 e. The van der Waals surface area contributed by atoms with E-state index in [0.717, 1.165) is 32.0 Å². The summed E-state index contributed by atoms with van der Waals surface area (Å²) >= 11 is 0. The molecule has 21 heavy (non-hydrogen) atoms. The van der Waals surface area contributed by atoms with Gasteiger partial charge in [0.2, 0.25) is 0 Å². The molecular weight excluding hydrogens is 260 g/mol. The van der Waals surface area contributed by atoms with Crippen molar-refractivity contribution in [2.24, 2.45) is 0 Å². The van der Waals surface area contributed by atoms with Gasteiger partial charge in [0.15, 0.2) is 0 Å². The number of aliphatic hydroxyl groups is 1. The summed E-state index contributed by atoms with van der Waals surface area (Å²) in [7, 11) is 0. The number of aryl methyl sites for hydroxylation is 1. The normalized spacial score (nSPS) is 22.0. The van der Waals surface area contributed by atoms with E-state index >= 15 is 0 Å². The monoisotopic (exact) mass is 288 g/mol. The van der Waals surface area contributed by atoms with Crippen LogP contribution in [0, 0.1) is 6.92 Å². The number of hydrogen-bond donors (Lipinski definition) is 2. The second-order valence-electron chi connectivity index (χ2n) is 6.62. The van der Waals surface area contributed by atoms with Crippen LogP contribution in [0.1, 0.15) is 49.7 Å². The summed E-state index contributed by atoms with van der Waals surface area (Å²) in [6.45, 7) is 4.71. The average Bonchev–Trinajstić information content (AvgIpc) is 3.20. The molecule has 116 valence electrons. The van der Waals surface area contributed by atoms with Crippen molar-refractivity contribution >= 4 is 5.69 Å². The van der Waals surface area contributed by atoms with Crippen molar-refractivity contribution in [2.45, 2.75) is 64.1 Å². The maximum absolute atomic E-state index is 9.05. The molecule has 2 N–H and O–H groups in total. The van der Waals surface area contributed by atoms with E-state index in [2.05, 4.69) is 35.3 Å². The van der Waals surface area contributed by atoms with Gasteiger partial charge in [-0.1, -0.05) is 6.07 Å². The first-order chi connectivity index (χ1) is 10.3. The Balaban J connectivity index is 1.65. The first-order valence-corrected chi connectivity index (χ1v) is 8.48. The molecule has 3 nitrogen and oxygen atoms in total. The van der Waals surface area contributed by atoms with Crippen LogP contribution in [0.25, 0.3) is 0 Å². The van der Waals surface area contributed by atoms with E-state index in [1.807, 2.05) is 0 Å². The number of nitrogens with one attached hydrogen (secondary N) is 1. The molecule has 0 amide bonds. The van der Waals surface area contributed by atoms with Gasteiger partial charge < -0.3 is 15.3 Å².